The van der Waals surface area contributed by atoms with E-state index in [9.17, 15) is 9.59 Å². The number of hydrogen-bond donors (Lipinski definition) is 1. The van der Waals surface area contributed by atoms with E-state index in [-0.39, 0.29) is 30.7 Å². The molecule has 0 fully saturated rings. The molecule has 0 rings (SSSR count). The molecule has 5 nitrogen and oxygen atoms in total. The molecule has 0 aliphatic rings. The Kier molecular flexibility index (Phi) is 8.48. The molecule has 0 aromatic heterocycles. The SMILES string of the molecule is COC(=O)[C@H](N)C[C@H](C)C(=O)OC.Cl. The Morgan fingerprint density at radius 3 is 2.00 bits per heavy atom. The van der Waals surface area contributed by atoms with E-state index in [0.29, 0.717) is 0 Å². The molecule has 0 bridgehead atoms. The number of ether oxygens (including phenoxy) is 2. The molecule has 0 aromatic carbocycles. The molecule has 0 saturated carbocycles. The molecule has 0 heterocycles. The summed E-state index contributed by atoms with van der Waals surface area (Å²) in [4.78, 5) is 21.8. The molecule has 0 spiro atoms. The van der Waals surface area contributed by atoms with Crippen molar-refractivity contribution in [3.63, 3.8) is 0 Å². The number of methoxy groups -OCH3 is 2. The van der Waals surface area contributed by atoms with E-state index >= 15 is 0 Å². The van der Waals surface area contributed by atoms with Gasteiger partial charge in [-0.2, -0.15) is 0 Å². The Morgan fingerprint density at radius 1 is 1.21 bits per heavy atom. The van der Waals surface area contributed by atoms with Crippen LogP contribution in [0.1, 0.15) is 13.3 Å². The zero-order valence-electron chi connectivity index (χ0n) is 8.48. The predicted molar refractivity (Wildman–Crippen MR) is 53.0 cm³/mol. The van der Waals surface area contributed by atoms with E-state index in [1.54, 1.807) is 6.92 Å². The quantitative estimate of drug-likeness (QED) is 0.687. The standard InChI is InChI=1S/C8H15NO4.ClH/c1-5(7(10)12-2)4-6(9)8(11)13-3;/h5-6H,4,9H2,1-3H3;1H/t5-,6+;/m0./s1. The van der Waals surface area contributed by atoms with Gasteiger partial charge in [-0.15, -0.1) is 12.4 Å². The Morgan fingerprint density at radius 2 is 1.64 bits per heavy atom. The maximum absolute atomic E-state index is 10.9. The van der Waals surface area contributed by atoms with Crippen molar-refractivity contribution in [1.82, 2.24) is 0 Å². The molecule has 2 N–H and O–H groups in total. The molecular formula is C8H16ClNO4. The molecule has 0 unspecified atom stereocenters. The third-order valence-electron chi connectivity index (χ3n) is 1.71. The second-order valence-electron chi connectivity index (χ2n) is 2.79. The summed E-state index contributed by atoms with van der Waals surface area (Å²) in [6.45, 7) is 1.65. The summed E-state index contributed by atoms with van der Waals surface area (Å²) in [6.07, 6.45) is 0.235. The van der Waals surface area contributed by atoms with Gasteiger partial charge >= 0.3 is 11.9 Å². The Hall–Kier alpha value is -0.810. The van der Waals surface area contributed by atoms with Gasteiger partial charge in [-0.1, -0.05) is 6.92 Å². The number of halogens is 1. The minimum Gasteiger partial charge on any atom is -0.469 e. The molecule has 0 aliphatic heterocycles. The zero-order valence-corrected chi connectivity index (χ0v) is 9.30. The molecule has 0 amide bonds. The lowest BCUT2D eigenvalue weighted by molar-refractivity contribution is -0.146. The Bertz CT molecular complexity index is 178. The van der Waals surface area contributed by atoms with Crippen LogP contribution in [0.3, 0.4) is 0 Å². The van der Waals surface area contributed by atoms with E-state index in [1.807, 2.05) is 0 Å². The van der Waals surface area contributed by atoms with Crippen LogP contribution in [0.4, 0.5) is 0 Å². The number of esters is 2. The number of hydrogen-bond acceptors (Lipinski definition) is 5. The van der Waals surface area contributed by atoms with Crippen LogP contribution in [0.15, 0.2) is 0 Å². The van der Waals surface area contributed by atoms with Crippen LogP contribution in [-0.4, -0.2) is 32.2 Å². The van der Waals surface area contributed by atoms with Crippen LogP contribution in [0.5, 0.6) is 0 Å². The van der Waals surface area contributed by atoms with E-state index in [4.69, 9.17) is 5.73 Å². The van der Waals surface area contributed by atoms with Crippen molar-refractivity contribution in [3.8, 4) is 0 Å². The fourth-order valence-electron chi connectivity index (χ4n) is 0.926. The maximum atomic E-state index is 10.9. The molecule has 0 aromatic rings. The minimum absolute atomic E-state index is 0. The predicted octanol–water partition coefficient (Wildman–Crippen LogP) is 0.108. The van der Waals surface area contributed by atoms with Gasteiger partial charge in [-0.25, -0.2) is 0 Å². The monoisotopic (exact) mass is 225 g/mol. The molecule has 0 saturated heterocycles. The summed E-state index contributed by atoms with van der Waals surface area (Å²) < 4.78 is 8.89. The van der Waals surface area contributed by atoms with E-state index < -0.39 is 12.0 Å². The van der Waals surface area contributed by atoms with Crippen LogP contribution in [0.2, 0.25) is 0 Å². The number of carbonyl (C=O) groups excluding carboxylic acids is 2. The van der Waals surface area contributed by atoms with Gasteiger partial charge in [-0.05, 0) is 6.42 Å². The van der Waals surface area contributed by atoms with Gasteiger partial charge in [-0.3, -0.25) is 9.59 Å². The van der Waals surface area contributed by atoms with E-state index in [2.05, 4.69) is 9.47 Å². The van der Waals surface area contributed by atoms with Crippen LogP contribution in [0.25, 0.3) is 0 Å². The first-order valence-electron chi connectivity index (χ1n) is 3.94. The highest BCUT2D eigenvalue weighted by Crippen LogP contribution is 2.07. The maximum Gasteiger partial charge on any atom is 0.322 e. The molecule has 84 valence electrons. The number of rotatable bonds is 4. The van der Waals surface area contributed by atoms with Crippen LogP contribution in [-0.2, 0) is 19.1 Å². The summed E-state index contributed by atoms with van der Waals surface area (Å²) in [5.74, 6) is -1.28. The van der Waals surface area contributed by atoms with Crippen molar-refractivity contribution in [2.24, 2.45) is 11.7 Å². The summed E-state index contributed by atoms with van der Waals surface area (Å²) in [5.41, 5.74) is 5.44. The van der Waals surface area contributed by atoms with Crippen molar-refractivity contribution in [1.29, 1.82) is 0 Å². The Labute approximate surface area is 89.3 Å². The van der Waals surface area contributed by atoms with Crippen molar-refractivity contribution in [3.05, 3.63) is 0 Å². The first-order chi connectivity index (χ1) is 6.02. The average molecular weight is 226 g/mol. The number of nitrogens with two attached hydrogens (primary N) is 1. The van der Waals surface area contributed by atoms with Crippen molar-refractivity contribution in [2.45, 2.75) is 19.4 Å². The molecule has 2 atom stereocenters. The molecule has 14 heavy (non-hydrogen) atoms. The largest absolute Gasteiger partial charge is 0.469 e. The van der Waals surface area contributed by atoms with Gasteiger partial charge in [0, 0.05) is 0 Å². The zero-order chi connectivity index (χ0) is 10.4. The topological polar surface area (TPSA) is 78.6 Å². The lowest BCUT2D eigenvalue weighted by Crippen LogP contribution is -2.35. The van der Waals surface area contributed by atoms with Gasteiger partial charge in [0.05, 0.1) is 20.1 Å². The molecule has 6 heteroatoms. The molecule has 0 radical (unpaired) electrons. The van der Waals surface area contributed by atoms with E-state index in [1.165, 1.54) is 14.2 Å². The van der Waals surface area contributed by atoms with Crippen molar-refractivity contribution >= 4 is 24.3 Å². The Balaban J connectivity index is 0. The van der Waals surface area contributed by atoms with Crippen molar-refractivity contribution < 1.29 is 19.1 Å². The smallest absolute Gasteiger partial charge is 0.322 e. The summed E-state index contributed by atoms with van der Waals surface area (Å²) in [5, 5.41) is 0. The fourth-order valence-corrected chi connectivity index (χ4v) is 0.926. The van der Waals surface area contributed by atoms with Crippen LogP contribution >= 0.6 is 12.4 Å². The lowest BCUT2D eigenvalue weighted by Gasteiger charge is -2.13. The van der Waals surface area contributed by atoms with E-state index in [0.717, 1.165) is 0 Å². The number of carbonyl (C=O) groups is 2. The molecular weight excluding hydrogens is 210 g/mol. The highest BCUT2D eigenvalue weighted by molar-refractivity contribution is 5.85. The highest BCUT2D eigenvalue weighted by Gasteiger charge is 2.21. The minimum atomic E-state index is -0.765. The third kappa shape index (κ3) is 5.04. The second-order valence-corrected chi connectivity index (χ2v) is 2.79. The summed E-state index contributed by atoms with van der Waals surface area (Å²) in [6, 6.07) is -0.765. The lowest BCUT2D eigenvalue weighted by atomic mass is 10.0. The van der Waals surface area contributed by atoms with Gasteiger partial charge < -0.3 is 15.2 Å². The van der Waals surface area contributed by atoms with Crippen LogP contribution in [0, 0.1) is 5.92 Å². The first-order valence-corrected chi connectivity index (χ1v) is 3.94. The molecule has 0 aliphatic carbocycles. The van der Waals surface area contributed by atoms with Gasteiger partial charge in [0.25, 0.3) is 0 Å². The summed E-state index contributed by atoms with van der Waals surface area (Å²) >= 11 is 0. The third-order valence-corrected chi connectivity index (χ3v) is 1.71. The highest BCUT2D eigenvalue weighted by atomic mass is 35.5. The van der Waals surface area contributed by atoms with Crippen LogP contribution < -0.4 is 5.73 Å². The normalized spacial score (nSPS) is 13.4. The fraction of sp³-hybridized carbons (Fsp3) is 0.750. The van der Waals surface area contributed by atoms with Crippen molar-refractivity contribution in [2.75, 3.05) is 14.2 Å². The van der Waals surface area contributed by atoms with Gasteiger partial charge in [0.15, 0.2) is 0 Å². The summed E-state index contributed by atoms with van der Waals surface area (Å²) in [7, 11) is 2.55. The van der Waals surface area contributed by atoms with Gasteiger partial charge in [0.2, 0.25) is 0 Å². The second kappa shape index (κ2) is 7.58. The first kappa shape index (κ1) is 15.7. The van der Waals surface area contributed by atoms with Gasteiger partial charge in [0.1, 0.15) is 6.04 Å². The average Bonchev–Trinajstić information content (AvgIpc) is 2.14.